The van der Waals surface area contributed by atoms with Gasteiger partial charge in [-0.3, -0.25) is 0 Å². The molecule has 0 bridgehead atoms. The van der Waals surface area contributed by atoms with Crippen molar-refractivity contribution in [3.63, 3.8) is 0 Å². The summed E-state index contributed by atoms with van der Waals surface area (Å²) in [7, 11) is 0. The van der Waals surface area contributed by atoms with E-state index in [-0.39, 0.29) is 12.0 Å². The van der Waals surface area contributed by atoms with Gasteiger partial charge in [-0.1, -0.05) is 39.3 Å². The van der Waals surface area contributed by atoms with Crippen molar-refractivity contribution in [2.24, 2.45) is 0 Å². The maximum absolute atomic E-state index is 9.50. The molecule has 2 N–H and O–H groups in total. The molecule has 1 aromatic rings. The summed E-state index contributed by atoms with van der Waals surface area (Å²) in [6.45, 7) is 12.0. The Balaban J connectivity index is 3.24. The number of aliphatic hydroxyl groups is 1. The zero-order valence-corrected chi connectivity index (χ0v) is 13.4. The number of hydrogen-bond acceptors (Lipinski definition) is 4. The Hall–Kier alpha value is -0.870. The van der Waals surface area contributed by atoms with Crippen LogP contribution in [0.3, 0.4) is 0 Å². The first kappa shape index (κ1) is 16.2. The van der Waals surface area contributed by atoms with E-state index in [9.17, 15) is 5.11 Å². The fraction of sp³-hybridized carbons (Fsp3) is 0.714. The van der Waals surface area contributed by atoms with Gasteiger partial charge in [0.25, 0.3) is 0 Å². The van der Waals surface area contributed by atoms with Gasteiger partial charge in [0.2, 0.25) is 0 Å². The van der Waals surface area contributed by atoms with Gasteiger partial charge in [-0.2, -0.15) is 0 Å². The molecule has 1 aromatic heterocycles. The molecule has 108 valence electrons. The summed E-state index contributed by atoms with van der Waals surface area (Å²) < 4.78 is 0. The largest absolute Gasteiger partial charge is 0.394 e. The number of rotatable bonds is 4. The molecular formula is C14H24ClN3O. The van der Waals surface area contributed by atoms with Crippen LogP contribution in [0.4, 0.5) is 5.82 Å². The minimum Gasteiger partial charge on any atom is -0.394 e. The maximum atomic E-state index is 9.50. The van der Waals surface area contributed by atoms with E-state index >= 15 is 0 Å². The maximum Gasteiger partial charge on any atom is 0.137 e. The highest BCUT2D eigenvalue weighted by Gasteiger charge is 2.25. The van der Waals surface area contributed by atoms with Crippen molar-refractivity contribution in [2.45, 2.75) is 58.9 Å². The highest BCUT2D eigenvalue weighted by atomic mass is 35.5. The average molecular weight is 286 g/mol. The topological polar surface area (TPSA) is 58.0 Å². The molecule has 0 radical (unpaired) electrons. The van der Waals surface area contributed by atoms with Crippen LogP contribution in [0.1, 0.15) is 52.4 Å². The molecular weight excluding hydrogens is 262 g/mol. The van der Waals surface area contributed by atoms with Crippen LogP contribution in [-0.2, 0) is 5.41 Å². The highest BCUT2D eigenvalue weighted by molar-refractivity contribution is 6.30. The first-order chi connectivity index (χ1) is 8.63. The van der Waals surface area contributed by atoms with Crippen molar-refractivity contribution in [1.29, 1.82) is 0 Å². The van der Waals surface area contributed by atoms with Crippen LogP contribution >= 0.6 is 11.6 Å². The van der Waals surface area contributed by atoms with E-state index in [0.717, 1.165) is 12.0 Å². The minimum absolute atomic E-state index is 0.0371. The molecule has 5 heteroatoms. The minimum atomic E-state index is -0.405. The van der Waals surface area contributed by atoms with Gasteiger partial charge < -0.3 is 10.4 Å². The summed E-state index contributed by atoms with van der Waals surface area (Å²) in [5.74, 6) is 1.39. The van der Waals surface area contributed by atoms with Crippen molar-refractivity contribution >= 4 is 17.4 Å². The second kappa shape index (κ2) is 5.63. The third kappa shape index (κ3) is 3.80. The second-order valence-corrected chi connectivity index (χ2v) is 6.62. The third-order valence-electron chi connectivity index (χ3n) is 3.31. The molecule has 1 rings (SSSR count). The Kier molecular flexibility index (Phi) is 4.80. The zero-order chi connectivity index (χ0) is 14.8. The van der Waals surface area contributed by atoms with E-state index in [2.05, 4.69) is 15.3 Å². The SMILES string of the molecule is CCC(C)(CO)Nc1nc(C(C)(C)C)nc(Cl)c1C. The van der Waals surface area contributed by atoms with E-state index < -0.39 is 5.54 Å². The van der Waals surface area contributed by atoms with E-state index in [1.165, 1.54) is 0 Å². The van der Waals surface area contributed by atoms with Crippen molar-refractivity contribution in [3.8, 4) is 0 Å². The summed E-state index contributed by atoms with van der Waals surface area (Å²) in [5.41, 5.74) is 0.232. The van der Waals surface area contributed by atoms with Crippen molar-refractivity contribution in [1.82, 2.24) is 9.97 Å². The predicted octanol–water partition coefficient (Wildman–Crippen LogP) is 3.31. The summed E-state index contributed by atoms with van der Waals surface area (Å²) in [6, 6.07) is 0. The Bertz CT molecular complexity index is 451. The average Bonchev–Trinajstić information content (AvgIpc) is 2.33. The molecule has 0 aliphatic heterocycles. The van der Waals surface area contributed by atoms with Crippen LogP contribution in [0, 0.1) is 6.92 Å². The second-order valence-electron chi connectivity index (χ2n) is 6.26. The van der Waals surface area contributed by atoms with E-state index in [1.807, 2.05) is 41.5 Å². The molecule has 0 spiro atoms. The summed E-state index contributed by atoms with van der Waals surface area (Å²) in [5, 5.41) is 13.2. The molecule has 0 fully saturated rings. The van der Waals surface area contributed by atoms with Crippen LogP contribution < -0.4 is 5.32 Å². The highest BCUT2D eigenvalue weighted by Crippen LogP contribution is 2.28. The van der Waals surface area contributed by atoms with Gasteiger partial charge in [-0.15, -0.1) is 0 Å². The Morgan fingerprint density at radius 2 is 1.79 bits per heavy atom. The predicted molar refractivity (Wildman–Crippen MR) is 79.9 cm³/mol. The van der Waals surface area contributed by atoms with Crippen LogP contribution in [0.25, 0.3) is 0 Å². The summed E-state index contributed by atoms with van der Waals surface area (Å²) in [6.07, 6.45) is 0.787. The standard InChI is InChI=1S/C14H24ClN3O/c1-7-14(6,8-19)18-11-9(2)10(15)16-12(17-11)13(3,4)5/h19H,7-8H2,1-6H3,(H,16,17,18). The number of nitrogens with zero attached hydrogens (tertiary/aromatic N) is 2. The molecule has 0 amide bonds. The molecule has 4 nitrogen and oxygen atoms in total. The van der Waals surface area contributed by atoms with E-state index in [1.54, 1.807) is 0 Å². The van der Waals surface area contributed by atoms with Gasteiger partial charge >= 0.3 is 0 Å². The van der Waals surface area contributed by atoms with Gasteiger partial charge in [0.15, 0.2) is 0 Å². The Morgan fingerprint density at radius 1 is 1.21 bits per heavy atom. The van der Waals surface area contributed by atoms with Gasteiger partial charge in [0, 0.05) is 11.0 Å². The molecule has 0 aliphatic carbocycles. The van der Waals surface area contributed by atoms with E-state index in [0.29, 0.717) is 16.8 Å². The summed E-state index contributed by atoms with van der Waals surface area (Å²) in [4.78, 5) is 8.91. The van der Waals surface area contributed by atoms with Gasteiger partial charge in [0.05, 0.1) is 12.1 Å². The quantitative estimate of drug-likeness (QED) is 0.834. The van der Waals surface area contributed by atoms with Crippen LogP contribution in [0.2, 0.25) is 5.15 Å². The Labute approximate surface area is 120 Å². The molecule has 0 aliphatic rings. The lowest BCUT2D eigenvalue weighted by Gasteiger charge is -2.29. The van der Waals surface area contributed by atoms with Crippen molar-refractivity contribution in [2.75, 3.05) is 11.9 Å². The van der Waals surface area contributed by atoms with Crippen LogP contribution in [0.5, 0.6) is 0 Å². The zero-order valence-electron chi connectivity index (χ0n) is 12.6. The van der Waals surface area contributed by atoms with Crippen LogP contribution in [0.15, 0.2) is 0 Å². The Morgan fingerprint density at radius 3 is 2.21 bits per heavy atom. The number of anilines is 1. The number of aromatic nitrogens is 2. The third-order valence-corrected chi connectivity index (χ3v) is 3.67. The number of aliphatic hydroxyl groups excluding tert-OH is 1. The fourth-order valence-electron chi connectivity index (χ4n) is 1.47. The van der Waals surface area contributed by atoms with E-state index in [4.69, 9.17) is 11.6 Å². The van der Waals surface area contributed by atoms with Gasteiger partial charge in [-0.25, -0.2) is 9.97 Å². The van der Waals surface area contributed by atoms with Crippen molar-refractivity contribution < 1.29 is 5.11 Å². The lowest BCUT2D eigenvalue weighted by atomic mass is 9.95. The first-order valence-electron chi connectivity index (χ1n) is 6.56. The lowest BCUT2D eigenvalue weighted by molar-refractivity contribution is 0.218. The van der Waals surface area contributed by atoms with Gasteiger partial charge in [-0.05, 0) is 20.3 Å². The smallest absolute Gasteiger partial charge is 0.137 e. The fourth-order valence-corrected chi connectivity index (χ4v) is 1.64. The first-order valence-corrected chi connectivity index (χ1v) is 6.94. The molecule has 1 heterocycles. The van der Waals surface area contributed by atoms with Crippen LogP contribution in [-0.4, -0.2) is 27.2 Å². The normalized spacial score (nSPS) is 15.2. The number of nitrogens with one attached hydrogen (secondary N) is 1. The van der Waals surface area contributed by atoms with Gasteiger partial charge in [0.1, 0.15) is 16.8 Å². The molecule has 1 unspecified atom stereocenters. The summed E-state index contributed by atoms with van der Waals surface area (Å²) >= 11 is 6.19. The van der Waals surface area contributed by atoms with Crippen molar-refractivity contribution in [3.05, 3.63) is 16.5 Å². The number of halogens is 1. The molecule has 0 aromatic carbocycles. The molecule has 1 atom stereocenters. The number of hydrogen-bond donors (Lipinski definition) is 2. The monoisotopic (exact) mass is 285 g/mol. The molecule has 19 heavy (non-hydrogen) atoms. The molecule has 0 saturated heterocycles. The molecule has 0 saturated carbocycles. The lowest BCUT2D eigenvalue weighted by Crippen LogP contribution is -2.39.